The Morgan fingerprint density at radius 2 is 1.94 bits per heavy atom. The molecular formula is C22H28N2O7. The van der Waals surface area contributed by atoms with Gasteiger partial charge in [0.05, 0.1) is 13.0 Å². The minimum atomic E-state index is -0.896. The predicted octanol–water partition coefficient (Wildman–Crippen LogP) is 1.91. The van der Waals surface area contributed by atoms with Gasteiger partial charge in [-0.3, -0.25) is 14.4 Å². The average molecular weight is 432 g/mol. The summed E-state index contributed by atoms with van der Waals surface area (Å²) in [5, 5.41) is 22.9. The second-order valence-corrected chi connectivity index (χ2v) is 7.46. The van der Waals surface area contributed by atoms with Crippen molar-refractivity contribution in [1.29, 1.82) is 0 Å². The number of aryl methyl sites for hydroxylation is 1. The number of primary amides is 1. The number of aromatic hydroxyl groups is 2. The fourth-order valence-electron chi connectivity index (χ4n) is 3.28. The molecule has 9 nitrogen and oxygen atoms in total. The Morgan fingerprint density at radius 1 is 1.26 bits per heavy atom. The quantitative estimate of drug-likeness (QED) is 0.472. The van der Waals surface area contributed by atoms with Crippen molar-refractivity contribution in [2.45, 2.75) is 45.6 Å². The molecular weight excluding hydrogens is 404 g/mol. The van der Waals surface area contributed by atoms with E-state index in [0.29, 0.717) is 12.0 Å². The zero-order valence-corrected chi connectivity index (χ0v) is 18.0. The van der Waals surface area contributed by atoms with E-state index in [0.717, 1.165) is 6.07 Å². The zero-order valence-electron chi connectivity index (χ0n) is 18.0. The van der Waals surface area contributed by atoms with Crippen LogP contribution < -0.4 is 21.2 Å². The summed E-state index contributed by atoms with van der Waals surface area (Å²) in [6.45, 7) is 5.21. The van der Waals surface area contributed by atoms with Crippen molar-refractivity contribution in [3.63, 3.8) is 0 Å². The number of benzene rings is 1. The van der Waals surface area contributed by atoms with Crippen LogP contribution in [0.5, 0.6) is 17.2 Å². The maximum Gasteiger partial charge on any atom is 0.240 e. The molecule has 2 rings (SSSR count). The van der Waals surface area contributed by atoms with Gasteiger partial charge in [0, 0.05) is 12.5 Å². The molecule has 0 aliphatic heterocycles. The third-order valence-electron chi connectivity index (χ3n) is 5.22. The minimum Gasteiger partial charge on any atom is -0.504 e. The van der Waals surface area contributed by atoms with Crippen LogP contribution in [0.25, 0.3) is 0 Å². The molecule has 0 unspecified atom stereocenters. The largest absolute Gasteiger partial charge is 0.504 e. The van der Waals surface area contributed by atoms with Gasteiger partial charge in [0.15, 0.2) is 17.3 Å². The number of carbonyl (C=O) groups excluding carboxylic acids is 2. The second-order valence-electron chi connectivity index (χ2n) is 7.46. The summed E-state index contributed by atoms with van der Waals surface area (Å²) in [6, 6.07) is 4.65. The van der Waals surface area contributed by atoms with E-state index in [1.807, 2.05) is 6.92 Å². The molecule has 0 saturated carbocycles. The van der Waals surface area contributed by atoms with Crippen LogP contribution in [0.2, 0.25) is 0 Å². The number of ether oxygens (including phenoxy) is 1. The smallest absolute Gasteiger partial charge is 0.240 e. The number of methoxy groups -OCH3 is 1. The summed E-state index contributed by atoms with van der Waals surface area (Å²) in [7, 11) is 1.37. The highest BCUT2D eigenvalue weighted by Crippen LogP contribution is 2.37. The Bertz CT molecular complexity index is 1020. The highest BCUT2D eigenvalue weighted by atomic mass is 16.5. The summed E-state index contributed by atoms with van der Waals surface area (Å²) < 4.78 is 10.7. The lowest BCUT2D eigenvalue weighted by Crippen LogP contribution is -2.48. The van der Waals surface area contributed by atoms with Crippen molar-refractivity contribution in [1.82, 2.24) is 5.32 Å². The number of nitrogens with one attached hydrogen (secondary N) is 1. The van der Waals surface area contributed by atoms with Gasteiger partial charge < -0.3 is 30.4 Å². The van der Waals surface area contributed by atoms with Crippen molar-refractivity contribution >= 4 is 11.8 Å². The van der Waals surface area contributed by atoms with Gasteiger partial charge in [0.25, 0.3) is 0 Å². The van der Waals surface area contributed by atoms with Crippen LogP contribution in [0.3, 0.4) is 0 Å². The molecule has 0 aliphatic rings. The molecule has 0 aliphatic carbocycles. The van der Waals surface area contributed by atoms with Crippen molar-refractivity contribution in [2.24, 2.45) is 11.7 Å². The van der Waals surface area contributed by atoms with Crippen molar-refractivity contribution in [2.75, 3.05) is 7.11 Å². The van der Waals surface area contributed by atoms with Gasteiger partial charge in [0.1, 0.15) is 11.8 Å². The van der Waals surface area contributed by atoms with Crippen LogP contribution in [-0.2, 0) is 9.59 Å². The molecule has 0 fully saturated rings. The molecule has 0 bridgehead atoms. The first-order valence-corrected chi connectivity index (χ1v) is 9.88. The number of hydrogen-bond acceptors (Lipinski definition) is 7. The molecule has 2 amide bonds. The normalized spacial score (nSPS) is 13.8. The minimum absolute atomic E-state index is 0.105. The standard InChI is InChI=1S/C22H28N2O7/c1-5-11(2)19(22(23)29)24-18(27)10-14(13-6-7-15(25)17(9-13)30-4)21-20(28)16(26)8-12(3)31-21/h6-9,11,14,19,25,28H,5,10H2,1-4H3,(H2,23,29)(H,24,27)/t11-,14-,19-/m0/s1. The first-order chi connectivity index (χ1) is 14.6. The molecule has 2 aromatic rings. The van der Waals surface area contributed by atoms with Gasteiger partial charge in [-0.2, -0.15) is 0 Å². The van der Waals surface area contributed by atoms with E-state index < -0.39 is 35.0 Å². The van der Waals surface area contributed by atoms with Crippen LogP contribution >= 0.6 is 0 Å². The zero-order chi connectivity index (χ0) is 23.3. The Kier molecular flexibility index (Phi) is 7.68. The topological polar surface area (TPSA) is 152 Å². The number of carbonyl (C=O) groups is 2. The van der Waals surface area contributed by atoms with E-state index >= 15 is 0 Å². The van der Waals surface area contributed by atoms with Gasteiger partial charge in [-0.1, -0.05) is 26.3 Å². The van der Waals surface area contributed by atoms with Gasteiger partial charge in [-0.25, -0.2) is 0 Å². The second kappa shape index (κ2) is 10.0. The van der Waals surface area contributed by atoms with Crippen LogP contribution in [0.15, 0.2) is 33.5 Å². The van der Waals surface area contributed by atoms with E-state index in [4.69, 9.17) is 14.9 Å². The maximum absolute atomic E-state index is 12.8. The first-order valence-electron chi connectivity index (χ1n) is 9.88. The third kappa shape index (κ3) is 5.56. The van der Waals surface area contributed by atoms with Gasteiger partial charge in [-0.15, -0.1) is 0 Å². The number of phenols is 1. The van der Waals surface area contributed by atoms with Crippen molar-refractivity contribution in [3.8, 4) is 17.2 Å². The third-order valence-corrected chi connectivity index (χ3v) is 5.22. The molecule has 9 heteroatoms. The molecule has 1 aromatic heterocycles. The fourth-order valence-corrected chi connectivity index (χ4v) is 3.28. The van der Waals surface area contributed by atoms with Crippen LogP contribution in [0, 0.1) is 12.8 Å². The van der Waals surface area contributed by atoms with E-state index in [1.54, 1.807) is 13.8 Å². The molecule has 31 heavy (non-hydrogen) atoms. The first kappa shape index (κ1) is 23.8. The predicted molar refractivity (Wildman–Crippen MR) is 113 cm³/mol. The Labute approximate surface area is 179 Å². The van der Waals surface area contributed by atoms with Crippen molar-refractivity contribution < 1.29 is 29.0 Å². The fraction of sp³-hybridized carbons (Fsp3) is 0.409. The molecule has 5 N–H and O–H groups in total. The SMILES string of the molecule is CC[C@H](C)[C@H](NC(=O)C[C@@H](c1ccc(O)c(OC)c1)c1oc(C)cc(=O)c1O)C(N)=O. The lowest BCUT2D eigenvalue weighted by molar-refractivity contribution is -0.128. The molecule has 0 saturated heterocycles. The molecule has 3 atom stereocenters. The maximum atomic E-state index is 12.8. The Hall–Kier alpha value is -3.49. The monoisotopic (exact) mass is 432 g/mol. The van der Waals surface area contributed by atoms with E-state index in [1.165, 1.54) is 25.3 Å². The Balaban J connectivity index is 2.50. The summed E-state index contributed by atoms with van der Waals surface area (Å²) in [5.41, 5.74) is 5.24. The summed E-state index contributed by atoms with van der Waals surface area (Å²) in [5.74, 6) is -2.70. The molecule has 1 aromatic carbocycles. The Morgan fingerprint density at radius 3 is 2.52 bits per heavy atom. The lowest BCUT2D eigenvalue weighted by Gasteiger charge is -2.23. The summed E-state index contributed by atoms with van der Waals surface area (Å²) in [6.07, 6.45) is 0.369. The lowest BCUT2D eigenvalue weighted by atomic mass is 9.90. The number of hydrogen-bond donors (Lipinski definition) is 4. The van der Waals surface area contributed by atoms with Crippen LogP contribution in [0.1, 0.15) is 49.7 Å². The number of nitrogens with two attached hydrogens (primary N) is 1. The summed E-state index contributed by atoms with van der Waals surface area (Å²) in [4.78, 5) is 36.7. The highest BCUT2D eigenvalue weighted by molar-refractivity contribution is 5.87. The molecule has 168 valence electrons. The van der Waals surface area contributed by atoms with Crippen molar-refractivity contribution in [3.05, 3.63) is 51.6 Å². The van der Waals surface area contributed by atoms with Gasteiger partial charge >= 0.3 is 0 Å². The van der Waals surface area contributed by atoms with E-state index in [9.17, 15) is 24.6 Å². The van der Waals surface area contributed by atoms with Crippen LogP contribution in [0.4, 0.5) is 0 Å². The molecule has 1 heterocycles. The number of rotatable bonds is 9. The van der Waals surface area contributed by atoms with Crippen LogP contribution in [-0.4, -0.2) is 35.2 Å². The average Bonchev–Trinajstić information content (AvgIpc) is 2.72. The molecule has 0 radical (unpaired) electrons. The summed E-state index contributed by atoms with van der Waals surface area (Å²) >= 11 is 0. The van der Waals surface area contributed by atoms with Gasteiger partial charge in [0.2, 0.25) is 23.0 Å². The highest BCUT2D eigenvalue weighted by Gasteiger charge is 2.29. The van der Waals surface area contributed by atoms with E-state index in [-0.39, 0.29) is 35.4 Å². The number of phenolic OH excluding ortho intramolecular Hbond substituents is 1. The molecule has 0 spiro atoms. The number of amides is 2. The van der Waals surface area contributed by atoms with E-state index in [2.05, 4.69) is 5.32 Å². The van der Waals surface area contributed by atoms with Gasteiger partial charge in [-0.05, 0) is 30.5 Å².